The molecule has 3 heterocycles. The highest BCUT2D eigenvalue weighted by atomic mass is 16.7. The van der Waals surface area contributed by atoms with Gasteiger partial charge < -0.3 is 33.3 Å². The molecule has 0 N–H and O–H groups in total. The first-order valence-corrected chi connectivity index (χ1v) is 44.0. The molecule has 13 aromatic rings. The summed E-state index contributed by atoms with van der Waals surface area (Å²) in [5.41, 5.74) is 29.4. The van der Waals surface area contributed by atoms with Crippen LogP contribution in [-0.4, -0.2) is 95.7 Å². The van der Waals surface area contributed by atoms with Crippen LogP contribution in [0.15, 0.2) is 328 Å². The Balaban J connectivity index is 0.000000192. The molecule has 3 aliphatic rings. The molecule has 3 fully saturated rings. The third-order valence-corrected chi connectivity index (χ3v) is 22.1. The summed E-state index contributed by atoms with van der Waals surface area (Å²) < 4.78 is 32.3. The van der Waals surface area contributed by atoms with Crippen molar-refractivity contribution in [2.24, 2.45) is 0 Å². The molecule has 0 bridgehead atoms. The second kappa shape index (κ2) is 54.6. The number of hydrogen-bond donors (Lipinski definition) is 0. The van der Waals surface area contributed by atoms with E-state index in [1.54, 1.807) is 14.2 Å². The molecule has 0 aromatic heterocycles. The summed E-state index contributed by atoms with van der Waals surface area (Å²) in [7, 11) is 5.48. The predicted octanol–water partition coefficient (Wildman–Crippen LogP) is 28.0. The lowest BCUT2D eigenvalue weighted by atomic mass is 9.85. The fourth-order valence-corrected chi connectivity index (χ4v) is 14.5. The summed E-state index contributed by atoms with van der Waals surface area (Å²) >= 11 is 0. The predicted molar refractivity (Wildman–Crippen MR) is 524 cm³/mol. The molecule has 0 radical (unpaired) electrons. The van der Waals surface area contributed by atoms with E-state index in [0.717, 1.165) is 57.3 Å². The topological polar surface area (TPSA) is 96.0 Å². The van der Waals surface area contributed by atoms with Crippen LogP contribution in [-0.2, 0) is 40.8 Å². The number of carbonyl (C=O) groups is 2. The fraction of sp³-hybridized carbons (Fsp3) is 0.304. The molecule has 10 nitrogen and oxygen atoms in total. The average molecular weight is 1680 g/mol. The van der Waals surface area contributed by atoms with Gasteiger partial charge in [0.05, 0.1) is 26.4 Å². The van der Waals surface area contributed by atoms with Gasteiger partial charge in [-0.15, -0.1) is 0 Å². The van der Waals surface area contributed by atoms with Gasteiger partial charge in [0.25, 0.3) is 0 Å². The van der Waals surface area contributed by atoms with Gasteiger partial charge in [-0.1, -0.05) is 380 Å². The Morgan fingerprint density at radius 2 is 0.816 bits per heavy atom. The van der Waals surface area contributed by atoms with Crippen LogP contribution < -0.4 is 0 Å². The van der Waals surface area contributed by atoms with Gasteiger partial charge in [0.2, 0.25) is 0 Å². The molecule has 3 aliphatic heterocycles. The molecule has 3 saturated heterocycles. The Labute approximate surface area is 750 Å². The van der Waals surface area contributed by atoms with Gasteiger partial charge in [-0.2, -0.15) is 0 Å². The van der Waals surface area contributed by atoms with Crippen molar-refractivity contribution in [1.29, 1.82) is 0 Å². The largest absolute Gasteiger partial charge is 0.352 e. The third kappa shape index (κ3) is 34.1. The first kappa shape index (κ1) is 101. The zero-order valence-corrected chi connectivity index (χ0v) is 78.2. The minimum atomic E-state index is -0.522. The molecule has 0 aliphatic carbocycles. The van der Waals surface area contributed by atoms with Gasteiger partial charge in [-0.05, 0) is 190 Å². The fourth-order valence-electron chi connectivity index (χ4n) is 14.5. The number of nitrogens with zero attached hydrogens (tertiary/aromatic N) is 2. The van der Waals surface area contributed by atoms with Crippen LogP contribution in [0.1, 0.15) is 200 Å². The Morgan fingerprint density at radius 3 is 1.24 bits per heavy atom. The Morgan fingerprint density at radius 1 is 0.408 bits per heavy atom. The first-order valence-electron chi connectivity index (χ1n) is 44.0. The summed E-state index contributed by atoms with van der Waals surface area (Å²) in [5.74, 6) is 1.43. The van der Waals surface area contributed by atoms with E-state index in [1.807, 2.05) is 191 Å². The normalized spacial score (nSPS) is 13.2. The SMILES string of the molecule is COC(OC)c1ccccc1C.Cc1c(C(C)C)cc(C(C)C)cc1C(C)C.Cc1ccc(CN2CCN(C)CC2)cc1.Cc1ccccc1.Cc1ccccc1-c1ccccc1.Cc1ccccc1-c1ccccc1.Cc1ccccc1C(=O)c1ccccc1.Cc1ccccc1C1(C)OCCO1.Cc1ccccc1C1OCCO1.Cc1ccccc1C=O. The van der Waals surface area contributed by atoms with Crippen molar-refractivity contribution in [2.75, 3.05) is 73.9 Å². The lowest BCUT2D eigenvalue weighted by Crippen LogP contribution is -2.43. The van der Waals surface area contributed by atoms with Gasteiger partial charge in [0, 0.05) is 80.3 Å². The molecule has 0 unspecified atom stereocenters. The van der Waals surface area contributed by atoms with Crippen LogP contribution in [0.2, 0.25) is 0 Å². The Hall–Kier alpha value is -11.1. The molecule has 0 amide bonds. The van der Waals surface area contributed by atoms with E-state index in [-0.39, 0.29) is 18.4 Å². The van der Waals surface area contributed by atoms with E-state index in [1.165, 1.54) is 115 Å². The summed E-state index contributed by atoms with van der Waals surface area (Å²) in [4.78, 5) is 27.2. The maximum absolute atomic E-state index is 12.1. The summed E-state index contributed by atoms with van der Waals surface area (Å²) in [6.07, 6.45) is 0.493. The number of likely N-dealkylation sites (N-methyl/N-ethyl adjacent to an activating group) is 1. The van der Waals surface area contributed by atoms with Crippen LogP contribution in [0.3, 0.4) is 0 Å². The van der Waals surface area contributed by atoms with Gasteiger partial charge >= 0.3 is 0 Å². The van der Waals surface area contributed by atoms with Gasteiger partial charge in [-0.3, -0.25) is 14.5 Å². The number of piperazine rings is 1. The summed E-state index contributed by atoms with van der Waals surface area (Å²) in [5, 5.41) is 0. The van der Waals surface area contributed by atoms with Crippen LogP contribution in [0.25, 0.3) is 22.3 Å². The number of ketones is 1. The highest BCUT2D eigenvalue weighted by Gasteiger charge is 2.34. The zero-order valence-electron chi connectivity index (χ0n) is 78.2. The third-order valence-electron chi connectivity index (χ3n) is 22.1. The maximum atomic E-state index is 12.1. The lowest BCUT2D eigenvalue weighted by Gasteiger charge is -2.32. The Bertz CT molecular complexity index is 5060. The molecule has 16 rings (SSSR count). The molecule has 0 spiro atoms. The smallest absolute Gasteiger partial charge is 0.193 e. The van der Waals surface area contributed by atoms with Gasteiger partial charge in [-0.25, -0.2) is 0 Å². The van der Waals surface area contributed by atoms with E-state index >= 15 is 0 Å². The number of hydrogen-bond acceptors (Lipinski definition) is 10. The second-order valence-corrected chi connectivity index (χ2v) is 32.9. The number of aryl methyl sites for hydroxylation is 9. The van der Waals surface area contributed by atoms with E-state index in [4.69, 9.17) is 28.4 Å². The molecule has 13 aromatic carbocycles. The quantitative estimate of drug-likeness (QED) is 0.0561. The van der Waals surface area contributed by atoms with E-state index in [9.17, 15) is 9.59 Å². The maximum Gasteiger partial charge on any atom is 0.193 e. The monoisotopic (exact) mass is 1680 g/mol. The number of methoxy groups -OCH3 is 2. The van der Waals surface area contributed by atoms with Crippen molar-refractivity contribution >= 4 is 12.1 Å². The molecule has 656 valence electrons. The van der Waals surface area contributed by atoms with Crippen LogP contribution >= 0.6 is 0 Å². The van der Waals surface area contributed by atoms with Gasteiger partial charge in [0.1, 0.15) is 6.29 Å². The highest BCUT2D eigenvalue weighted by molar-refractivity contribution is 6.09. The molecular formula is C115H138N2O8. The van der Waals surface area contributed by atoms with Crippen molar-refractivity contribution < 1.29 is 38.0 Å². The number of rotatable bonds is 15. The van der Waals surface area contributed by atoms with Crippen molar-refractivity contribution in [3.63, 3.8) is 0 Å². The number of aldehydes is 1. The molecule has 0 saturated carbocycles. The molecule has 125 heavy (non-hydrogen) atoms. The van der Waals surface area contributed by atoms with E-state index in [0.29, 0.717) is 44.2 Å². The van der Waals surface area contributed by atoms with Crippen LogP contribution in [0.5, 0.6) is 0 Å². The minimum absolute atomic E-state index is 0.0914. The molecule has 0 atom stereocenters. The van der Waals surface area contributed by atoms with Crippen LogP contribution in [0.4, 0.5) is 0 Å². The Kier molecular flexibility index (Phi) is 44.1. The van der Waals surface area contributed by atoms with Crippen molar-refractivity contribution in [2.45, 2.75) is 160 Å². The highest BCUT2D eigenvalue weighted by Crippen LogP contribution is 2.35. The standard InChI is InChI=1S/C16H26.C14H12O.C13H20N2.2C13H12.C11H14O2.C10H12O2.C10H14O2.C8H8O.C7H8/c1-10(2)14-8-15(11(3)4)13(7)16(9-14)12(5)6;1-11-7-5-6-10-13(11)14(15)12-8-3-2-4-9-12;1-12-3-5-13(6-4-12)11-15-9-7-14(2)8-10-15;2*1-11-7-5-6-10-13(11)12-8-3-2-4-9-12;1-9-5-3-4-6-10(9)11(2)12-7-8-13-11;1-8-4-2-3-5-9(8)10-11-6-7-12-10;1-8-6-4-5-7-9(8)10(11-2)12-3;1-7-4-2-3-5-8(7)6-9;1-7-5-3-2-4-6-7/h8-12H,1-7H3;2-10H,1H3;3-6H,7-11H2,1-2H3;2*2-10H,1H3;3-6H,7-8H2,1-2H3;2-5,10H,6-7H2,1H3;4-7,10H,1-3H3;2-6H,1H3;2-6H,1H3. The van der Waals surface area contributed by atoms with Crippen molar-refractivity contribution in [3.8, 4) is 22.3 Å². The van der Waals surface area contributed by atoms with E-state index in [2.05, 4.69) is 271 Å². The second-order valence-electron chi connectivity index (χ2n) is 32.9. The zero-order chi connectivity index (χ0) is 90.5. The molecular weight excluding hydrogens is 1540 g/mol. The van der Waals surface area contributed by atoms with Crippen molar-refractivity contribution in [1.82, 2.24) is 9.80 Å². The first-order chi connectivity index (χ1) is 60.2. The van der Waals surface area contributed by atoms with Crippen molar-refractivity contribution in [3.05, 3.63) is 439 Å². The number of ether oxygens (including phenoxy) is 6. The average Bonchev–Trinajstić information content (AvgIpc) is 1.76. The number of carbonyl (C=O) groups excluding carboxylic acids is 2. The van der Waals surface area contributed by atoms with E-state index < -0.39 is 5.79 Å². The number of benzene rings is 13. The van der Waals surface area contributed by atoms with Gasteiger partial charge in [0.15, 0.2) is 24.2 Å². The molecule has 10 heteroatoms. The summed E-state index contributed by atoms with van der Waals surface area (Å²) in [6, 6.07) is 111. The minimum Gasteiger partial charge on any atom is -0.352 e. The lowest BCUT2D eigenvalue weighted by molar-refractivity contribution is -0.150. The van der Waals surface area contributed by atoms with Crippen LogP contribution in [0, 0.1) is 69.2 Å². The summed E-state index contributed by atoms with van der Waals surface area (Å²) in [6.45, 7) is 45.2.